The van der Waals surface area contributed by atoms with Crippen LogP contribution in [0.4, 0.5) is 5.69 Å². The number of nitrogens with two attached hydrogens (primary N) is 1. The number of rotatable bonds is 2. The molecule has 0 saturated heterocycles. The van der Waals surface area contributed by atoms with Gasteiger partial charge in [0.25, 0.3) is 0 Å². The Balaban J connectivity index is 1.92. The number of aromatic nitrogens is 2. The molecule has 3 rings (SSSR count). The number of anilines is 1. The lowest BCUT2D eigenvalue weighted by atomic mass is 10.0. The highest BCUT2D eigenvalue weighted by Crippen LogP contribution is 2.35. The zero-order valence-electron chi connectivity index (χ0n) is 10.3. The molecular weight excluding hydrogens is 242 g/mol. The van der Waals surface area contributed by atoms with Gasteiger partial charge in [0.15, 0.2) is 0 Å². The summed E-state index contributed by atoms with van der Waals surface area (Å²) >= 11 is 1.90. The van der Waals surface area contributed by atoms with E-state index in [-0.39, 0.29) is 0 Å². The fourth-order valence-electron chi connectivity index (χ4n) is 2.49. The molecule has 1 aromatic heterocycles. The van der Waals surface area contributed by atoms with Crippen molar-refractivity contribution in [2.75, 3.05) is 5.73 Å². The molecule has 2 aromatic rings. The van der Waals surface area contributed by atoms with E-state index in [4.69, 9.17) is 5.73 Å². The second-order valence-electron chi connectivity index (χ2n) is 4.83. The van der Waals surface area contributed by atoms with Crippen LogP contribution in [0.25, 0.3) is 10.9 Å². The summed E-state index contributed by atoms with van der Waals surface area (Å²) in [6.45, 7) is 0. The lowest BCUT2D eigenvalue weighted by molar-refractivity contribution is 0.516. The Bertz CT molecular complexity index is 550. The van der Waals surface area contributed by atoms with Gasteiger partial charge in [-0.2, -0.15) is 0 Å². The van der Waals surface area contributed by atoms with Crippen molar-refractivity contribution in [3.63, 3.8) is 0 Å². The van der Waals surface area contributed by atoms with Gasteiger partial charge in [0.2, 0.25) is 0 Å². The maximum atomic E-state index is 5.86. The first-order valence-corrected chi connectivity index (χ1v) is 7.38. The third-order valence-electron chi connectivity index (χ3n) is 3.45. The third kappa shape index (κ3) is 2.43. The highest BCUT2D eigenvalue weighted by Gasteiger charge is 2.16. The molecule has 2 N–H and O–H groups in total. The summed E-state index contributed by atoms with van der Waals surface area (Å²) in [7, 11) is 0. The van der Waals surface area contributed by atoms with Crippen LogP contribution in [0.5, 0.6) is 0 Å². The molecule has 0 unspecified atom stereocenters. The summed E-state index contributed by atoms with van der Waals surface area (Å²) in [5, 5.41) is 2.88. The Morgan fingerprint density at radius 3 is 2.78 bits per heavy atom. The van der Waals surface area contributed by atoms with Crippen LogP contribution < -0.4 is 5.73 Å². The minimum atomic E-state index is 0.707. The van der Waals surface area contributed by atoms with Crippen molar-refractivity contribution in [1.29, 1.82) is 0 Å². The summed E-state index contributed by atoms with van der Waals surface area (Å²) < 4.78 is 0. The van der Waals surface area contributed by atoms with E-state index >= 15 is 0 Å². The van der Waals surface area contributed by atoms with E-state index in [0.717, 1.165) is 21.6 Å². The van der Waals surface area contributed by atoms with Gasteiger partial charge < -0.3 is 5.73 Å². The normalized spacial score (nSPS) is 17.1. The number of hydrogen-bond donors (Lipinski definition) is 1. The summed E-state index contributed by atoms with van der Waals surface area (Å²) in [6, 6.07) is 5.85. The number of benzene rings is 1. The molecule has 18 heavy (non-hydrogen) atoms. The van der Waals surface area contributed by atoms with E-state index in [0.29, 0.717) is 5.25 Å². The number of fused-ring (bicyclic) bond motifs is 1. The van der Waals surface area contributed by atoms with Crippen molar-refractivity contribution in [3.05, 3.63) is 24.5 Å². The van der Waals surface area contributed by atoms with E-state index in [1.165, 1.54) is 32.1 Å². The monoisotopic (exact) mass is 259 g/mol. The summed E-state index contributed by atoms with van der Waals surface area (Å²) in [5.41, 5.74) is 7.63. The predicted octanol–water partition coefficient (Wildman–Crippen LogP) is 3.64. The van der Waals surface area contributed by atoms with Crippen molar-refractivity contribution < 1.29 is 0 Å². The predicted molar refractivity (Wildman–Crippen MR) is 76.7 cm³/mol. The molecule has 0 atom stereocenters. The van der Waals surface area contributed by atoms with Gasteiger partial charge in [0.05, 0.1) is 5.52 Å². The van der Waals surface area contributed by atoms with Crippen LogP contribution in [0.2, 0.25) is 0 Å². The second-order valence-corrected chi connectivity index (χ2v) is 6.12. The summed E-state index contributed by atoms with van der Waals surface area (Å²) in [5.74, 6) is 0. The first kappa shape index (κ1) is 11.8. The number of nitrogen functional groups attached to an aromatic ring is 1. The van der Waals surface area contributed by atoms with Crippen molar-refractivity contribution >= 4 is 28.4 Å². The molecule has 1 heterocycles. The Kier molecular flexibility index (Phi) is 3.37. The maximum Gasteiger partial charge on any atom is 0.117 e. The number of thioether (sulfide) groups is 1. The zero-order chi connectivity index (χ0) is 12.4. The van der Waals surface area contributed by atoms with Crippen LogP contribution in [0.15, 0.2) is 29.6 Å². The fraction of sp³-hybridized carbons (Fsp3) is 0.429. The minimum absolute atomic E-state index is 0.707. The molecule has 1 aliphatic rings. The van der Waals surface area contributed by atoms with Crippen LogP contribution in [-0.4, -0.2) is 15.2 Å². The molecule has 3 nitrogen and oxygen atoms in total. The second kappa shape index (κ2) is 5.14. The number of nitrogens with zero attached hydrogens (tertiary/aromatic N) is 2. The van der Waals surface area contributed by atoms with Crippen molar-refractivity contribution in [3.8, 4) is 0 Å². The van der Waals surface area contributed by atoms with Gasteiger partial charge in [0.1, 0.15) is 11.4 Å². The first-order valence-electron chi connectivity index (χ1n) is 6.50. The summed E-state index contributed by atoms with van der Waals surface area (Å²) in [6.07, 6.45) is 8.35. The molecule has 0 spiro atoms. The van der Waals surface area contributed by atoms with Crippen molar-refractivity contribution in [2.45, 2.75) is 42.4 Å². The lowest BCUT2D eigenvalue weighted by Gasteiger charge is -2.20. The summed E-state index contributed by atoms with van der Waals surface area (Å²) in [4.78, 5) is 8.73. The molecular formula is C14H17N3S. The molecule has 1 fully saturated rings. The molecule has 0 radical (unpaired) electrons. The molecule has 1 aliphatic carbocycles. The average Bonchev–Trinajstić information content (AvgIpc) is 2.41. The van der Waals surface area contributed by atoms with Gasteiger partial charge in [-0.05, 0) is 31.0 Å². The highest BCUT2D eigenvalue weighted by atomic mass is 32.2. The Hall–Kier alpha value is -1.29. The van der Waals surface area contributed by atoms with Gasteiger partial charge in [-0.25, -0.2) is 9.97 Å². The Morgan fingerprint density at radius 2 is 1.94 bits per heavy atom. The average molecular weight is 259 g/mol. The molecule has 4 heteroatoms. The number of hydrogen-bond acceptors (Lipinski definition) is 4. The van der Waals surface area contributed by atoms with Crippen molar-refractivity contribution in [2.24, 2.45) is 0 Å². The maximum absolute atomic E-state index is 5.86. The Labute approximate surface area is 111 Å². The molecule has 94 valence electrons. The molecule has 0 amide bonds. The zero-order valence-corrected chi connectivity index (χ0v) is 11.1. The molecule has 1 saturated carbocycles. The van der Waals surface area contributed by atoms with Gasteiger partial charge >= 0.3 is 0 Å². The largest absolute Gasteiger partial charge is 0.399 e. The molecule has 0 aliphatic heterocycles. The van der Waals surface area contributed by atoms with Crippen LogP contribution >= 0.6 is 11.8 Å². The van der Waals surface area contributed by atoms with E-state index in [1.54, 1.807) is 6.33 Å². The van der Waals surface area contributed by atoms with Gasteiger partial charge in [-0.3, -0.25) is 0 Å². The third-order valence-corrected chi connectivity index (χ3v) is 4.81. The first-order chi connectivity index (χ1) is 8.83. The van der Waals surface area contributed by atoms with E-state index in [2.05, 4.69) is 9.97 Å². The van der Waals surface area contributed by atoms with Crippen LogP contribution in [0, 0.1) is 0 Å². The molecule has 1 aromatic carbocycles. The lowest BCUT2D eigenvalue weighted by Crippen LogP contribution is -2.08. The highest BCUT2D eigenvalue weighted by molar-refractivity contribution is 8.00. The minimum Gasteiger partial charge on any atom is -0.399 e. The van der Waals surface area contributed by atoms with E-state index < -0.39 is 0 Å². The van der Waals surface area contributed by atoms with E-state index in [9.17, 15) is 0 Å². The van der Waals surface area contributed by atoms with Gasteiger partial charge in [-0.1, -0.05) is 19.3 Å². The fourth-order valence-corrected chi connectivity index (χ4v) is 3.77. The standard InChI is InChI=1S/C14H17N3S/c15-10-6-7-13-12(8-10)14(17-9-16-13)18-11-4-2-1-3-5-11/h6-9,11H,1-5,15H2. The smallest absolute Gasteiger partial charge is 0.117 e. The topological polar surface area (TPSA) is 51.8 Å². The Morgan fingerprint density at radius 1 is 1.11 bits per heavy atom. The molecule has 0 bridgehead atoms. The van der Waals surface area contributed by atoms with E-state index in [1.807, 2.05) is 30.0 Å². The van der Waals surface area contributed by atoms with Crippen molar-refractivity contribution in [1.82, 2.24) is 9.97 Å². The quantitative estimate of drug-likeness (QED) is 0.661. The van der Waals surface area contributed by atoms with Crippen LogP contribution in [0.1, 0.15) is 32.1 Å². The van der Waals surface area contributed by atoms with Crippen LogP contribution in [-0.2, 0) is 0 Å². The SMILES string of the molecule is Nc1ccc2ncnc(SC3CCCCC3)c2c1. The van der Waals surface area contributed by atoms with Gasteiger partial charge in [-0.15, -0.1) is 11.8 Å². The van der Waals surface area contributed by atoms with Crippen LogP contribution in [0.3, 0.4) is 0 Å². The van der Waals surface area contributed by atoms with Gasteiger partial charge in [0, 0.05) is 16.3 Å².